The number of carboxylic acid groups (broad SMARTS) is 2. The molecule has 0 saturated heterocycles. The van der Waals surface area contributed by atoms with Crippen LogP contribution in [-0.4, -0.2) is 46.1 Å². The average Bonchev–Trinajstić information content (AvgIpc) is 2.10. The number of carbonyl (C=O) groups is 2. The van der Waals surface area contributed by atoms with E-state index in [0.29, 0.717) is 6.42 Å². The molecule has 3 N–H and O–H groups in total. The van der Waals surface area contributed by atoms with Gasteiger partial charge in [-0.2, -0.15) is 0 Å². The largest absolute Gasteiger partial charge is 0.479 e. The summed E-state index contributed by atoms with van der Waals surface area (Å²) in [5.41, 5.74) is 0. The van der Waals surface area contributed by atoms with Gasteiger partial charge >= 0.3 is 11.9 Å². The Labute approximate surface area is 81.1 Å². The van der Waals surface area contributed by atoms with E-state index >= 15 is 0 Å². The van der Waals surface area contributed by atoms with Crippen LogP contribution < -0.4 is 0 Å². The maximum atomic E-state index is 10.5. The van der Waals surface area contributed by atoms with Crippen molar-refractivity contribution in [3.8, 4) is 0 Å². The summed E-state index contributed by atoms with van der Waals surface area (Å²) in [4.78, 5) is 20.8. The second-order valence-corrected chi connectivity index (χ2v) is 2.77. The summed E-state index contributed by atoms with van der Waals surface area (Å²) in [5.74, 6) is -3.08. The predicted molar refractivity (Wildman–Crippen MR) is 45.9 cm³/mol. The molecule has 2 unspecified atom stereocenters. The molecule has 0 aliphatic carbocycles. The van der Waals surface area contributed by atoms with Crippen LogP contribution in [0.4, 0.5) is 0 Å². The van der Waals surface area contributed by atoms with E-state index in [0.717, 1.165) is 6.42 Å². The lowest BCUT2D eigenvalue weighted by Gasteiger charge is -2.15. The van der Waals surface area contributed by atoms with Gasteiger partial charge in [0.15, 0.2) is 12.2 Å². The highest BCUT2D eigenvalue weighted by Crippen LogP contribution is 2.02. The molecule has 0 rings (SSSR count). The van der Waals surface area contributed by atoms with Gasteiger partial charge in [-0.05, 0) is 6.42 Å². The Balaban J connectivity index is 4.15. The average molecular weight is 206 g/mol. The number of ether oxygens (including phenoxy) is 1. The number of unbranched alkanes of at least 4 members (excludes halogenated alkanes) is 1. The lowest BCUT2D eigenvalue weighted by Crippen LogP contribution is -2.41. The first-order valence-electron chi connectivity index (χ1n) is 4.26. The molecular formula is C8H14O6. The maximum Gasteiger partial charge on any atom is 0.336 e. The summed E-state index contributed by atoms with van der Waals surface area (Å²) in [6.45, 7) is 2.00. The molecular weight excluding hydrogens is 192 g/mol. The standard InChI is InChI=1S/C8H14O6/c1-2-3-4-14-6(8(12)13)5(9)7(10)11/h5-6,9H,2-4H2,1H3,(H,10,11)(H,12,13). The van der Waals surface area contributed by atoms with Gasteiger partial charge in [0.05, 0.1) is 0 Å². The highest BCUT2D eigenvalue weighted by atomic mass is 16.5. The van der Waals surface area contributed by atoms with E-state index in [9.17, 15) is 9.59 Å². The van der Waals surface area contributed by atoms with Gasteiger partial charge in [0.1, 0.15) is 0 Å². The van der Waals surface area contributed by atoms with E-state index in [1.54, 1.807) is 0 Å². The Bertz CT molecular complexity index is 202. The lowest BCUT2D eigenvalue weighted by molar-refractivity contribution is -0.171. The number of aliphatic hydroxyl groups excluding tert-OH is 1. The van der Waals surface area contributed by atoms with Gasteiger partial charge in [-0.1, -0.05) is 13.3 Å². The molecule has 0 aromatic rings. The molecule has 0 spiro atoms. The van der Waals surface area contributed by atoms with Crippen LogP contribution in [0.5, 0.6) is 0 Å². The number of rotatable bonds is 7. The van der Waals surface area contributed by atoms with Crippen molar-refractivity contribution in [1.29, 1.82) is 0 Å². The molecule has 0 bridgehead atoms. The van der Waals surface area contributed by atoms with Crippen molar-refractivity contribution >= 4 is 11.9 Å². The first-order valence-corrected chi connectivity index (χ1v) is 4.26. The molecule has 82 valence electrons. The predicted octanol–water partition coefficient (Wildman–Crippen LogP) is -0.298. The van der Waals surface area contributed by atoms with E-state index in [1.807, 2.05) is 6.92 Å². The summed E-state index contributed by atoms with van der Waals surface area (Å²) in [6.07, 6.45) is -2.30. The fourth-order valence-electron chi connectivity index (χ4n) is 0.782. The van der Waals surface area contributed by atoms with Gasteiger partial charge < -0.3 is 20.1 Å². The first-order chi connectivity index (χ1) is 6.50. The summed E-state index contributed by atoms with van der Waals surface area (Å²) in [6, 6.07) is 0. The molecule has 0 saturated carbocycles. The zero-order chi connectivity index (χ0) is 11.1. The number of aliphatic hydroxyl groups is 1. The van der Waals surface area contributed by atoms with Gasteiger partial charge in [-0.3, -0.25) is 0 Å². The Morgan fingerprint density at radius 1 is 1.29 bits per heavy atom. The molecule has 0 fully saturated rings. The Morgan fingerprint density at radius 3 is 2.21 bits per heavy atom. The van der Waals surface area contributed by atoms with Crippen LogP contribution in [0.3, 0.4) is 0 Å². The van der Waals surface area contributed by atoms with Crippen LogP contribution >= 0.6 is 0 Å². The van der Waals surface area contributed by atoms with E-state index in [-0.39, 0.29) is 6.61 Å². The molecule has 0 amide bonds. The fourth-order valence-corrected chi connectivity index (χ4v) is 0.782. The van der Waals surface area contributed by atoms with Gasteiger partial charge in [-0.25, -0.2) is 9.59 Å². The summed E-state index contributed by atoms with van der Waals surface area (Å²) < 4.78 is 4.74. The fraction of sp³-hybridized carbons (Fsp3) is 0.750. The van der Waals surface area contributed by atoms with Gasteiger partial charge in [0, 0.05) is 6.61 Å². The van der Waals surface area contributed by atoms with E-state index in [2.05, 4.69) is 0 Å². The van der Waals surface area contributed by atoms with Crippen molar-refractivity contribution in [3.63, 3.8) is 0 Å². The third kappa shape index (κ3) is 4.20. The van der Waals surface area contributed by atoms with Gasteiger partial charge in [-0.15, -0.1) is 0 Å². The van der Waals surface area contributed by atoms with Gasteiger partial charge in [0.25, 0.3) is 0 Å². The Kier molecular flexibility index (Phi) is 5.82. The normalized spacial score (nSPS) is 14.7. The number of aliphatic carboxylic acids is 2. The van der Waals surface area contributed by atoms with Crippen LogP contribution in [0, 0.1) is 0 Å². The number of hydrogen-bond donors (Lipinski definition) is 3. The van der Waals surface area contributed by atoms with Crippen LogP contribution in [0.2, 0.25) is 0 Å². The molecule has 0 aliphatic rings. The molecule has 14 heavy (non-hydrogen) atoms. The molecule has 0 radical (unpaired) electrons. The SMILES string of the molecule is CCCCOC(C(=O)O)C(O)C(=O)O. The first kappa shape index (κ1) is 12.9. The lowest BCUT2D eigenvalue weighted by atomic mass is 10.2. The van der Waals surface area contributed by atoms with Crippen molar-refractivity contribution in [2.45, 2.75) is 32.0 Å². The summed E-state index contributed by atoms with van der Waals surface area (Å²) in [7, 11) is 0. The monoisotopic (exact) mass is 206 g/mol. The second-order valence-electron chi connectivity index (χ2n) is 2.77. The molecule has 0 aliphatic heterocycles. The maximum absolute atomic E-state index is 10.5. The molecule has 0 aromatic heterocycles. The van der Waals surface area contributed by atoms with Crippen molar-refractivity contribution in [2.75, 3.05) is 6.61 Å². The summed E-state index contributed by atoms with van der Waals surface area (Å²) >= 11 is 0. The van der Waals surface area contributed by atoms with Crippen molar-refractivity contribution in [2.24, 2.45) is 0 Å². The number of hydrogen-bond acceptors (Lipinski definition) is 4. The zero-order valence-electron chi connectivity index (χ0n) is 7.84. The van der Waals surface area contributed by atoms with E-state index in [4.69, 9.17) is 20.1 Å². The Hall–Kier alpha value is -1.14. The highest BCUT2D eigenvalue weighted by Gasteiger charge is 2.32. The topological polar surface area (TPSA) is 104 Å². The summed E-state index contributed by atoms with van der Waals surface area (Å²) in [5, 5.41) is 25.9. The molecule has 6 nitrogen and oxygen atoms in total. The molecule has 0 aromatic carbocycles. The third-order valence-corrected chi connectivity index (χ3v) is 1.58. The minimum absolute atomic E-state index is 0.123. The molecule has 0 heterocycles. The van der Waals surface area contributed by atoms with Gasteiger partial charge in [0.2, 0.25) is 0 Å². The smallest absolute Gasteiger partial charge is 0.336 e. The van der Waals surface area contributed by atoms with Crippen LogP contribution in [0.1, 0.15) is 19.8 Å². The second kappa shape index (κ2) is 6.33. The van der Waals surface area contributed by atoms with Crippen molar-refractivity contribution < 1.29 is 29.6 Å². The van der Waals surface area contributed by atoms with Crippen LogP contribution in [0.25, 0.3) is 0 Å². The van der Waals surface area contributed by atoms with Crippen LogP contribution in [0.15, 0.2) is 0 Å². The van der Waals surface area contributed by atoms with E-state index < -0.39 is 24.1 Å². The molecule has 2 atom stereocenters. The van der Waals surface area contributed by atoms with E-state index in [1.165, 1.54) is 0 Å². The van der Waals surface area contributed by atoms with Crippen molar-refractivity contribution in [1.82, 2.24) is 0 Å². The third-order valence-electron chi connectivity index (χ3n) is 1.58. The quantitative estimate of drug-likeness (QED) is 0.494. The number of carboxylic acids is 2. The minimum atomic E-state index is -2.02. The zero-order valence-corrected chi connectivity index (χ0v) is 7.84. The van der Waals surface area contributed by atoms with Crippen LogP contribution in [-0.2, 0) is 14.3 Å². The molecule has 6 heteroatoms. The Morgan fingerprint density at radius 2 is 1.86 bits per heavy atom. The minimum Gasteiger partial charge on any atom is -0.479 e. The highest BCUT2D eigenvalue weighted by molar-refractivity contribution is 5.83. The van der Waals surface area contributed by atoms with Crippen molar-refractivity contribution in [3.05, 3.63) is 0 Å².